The number of allylic oxidation sites excluding steroid dienone is 2. The Morgan fingerprint density at radius 3 is 2.54 bits per heavy atom. The van der Waals surface area contributed by atoms with Crippen LogP contribution >= 0.6 is 11.3 Å². The number of amides is 2. The molecule has 0 N–H and O–H groups in total. The third-order valence-electron chi connectivity index (χ3n) is 7.41. The van der Waals surface area contributed by atoms with Crippen LogP contribution in [0.4, 0.5) is 0 Å². The summed E-state index contributed by atoms with van der Waals surface area (Å²) in [6.45, 7) is 5.99. The first-order valence-electron chi connectivity index (χ1n) is 12.8. The number of benzene rings is 1. The van der Waals surface area contributed by atoms with E-state index in [0.29, 0.717) is 45.0 Å². The maximum absolute atomic E-state index is 12.8. The molecule has 3 aromatic rings. The van der Waals surface area contributed by atoms with Crippen molar-refractivity contribution < 1.29 is 14.3 Å². The Kier molecular flexibility index (Phi) is 6.49. The molecular weight excluding hydrogens is 482 g/mol. The summed E-state index contributed by atoms with van der Waals surface area (Å²) >= 11 is 1.49. The highest BCUT2D eigenvalue weighted by Gasteiger charge is 2.29. The lowest BCUT2D eigenvalue weighted by atomic mass is 9.87. The summed E-state index contributed by atoms with van der Waals surface area (Å²) in [4.78, 5) is 35.0. The molecule has 188 valence electrons. The highest BCUT2D eigenvalue weighted by molar-refractivity contribution is 7.12. The predicted octanol–water partition coefficient (Wildman–Crippen LogP) is 4.94. The van der Waals surface area contributed by atoms with E-state index < -0.39 is 0 Å². The normalized spacial score (nSPS) is 19.3. The maximum atomic E-state index is 12.8. The zero-order chi connectivity index (χ0) is 25.4. The molecule has 6 rings (SSSR count). The molecule has 1 aliphatic carbocycles. The van der Waals surface area contributed by atoms with Gasteiger partial charge in [0.15, 0.2) is 0 Å². The quantitative estimate of drug-likeness (QED) is 0.498. The Labute approximate surface area is 220 Å². The molecule has 2 aromatic heterocycles. The van der Waals surface area contributed by atoms with E-state index in [1.54, 1.807) is 0 Å². The molecular formula is C30H29N3O3S. The fourth-order valence-corrected chi connectivity index (χ4v) is 6.08. The molecule has 2 amide bonds. The maximum Gasteiger partial charge on any atom is 0.264 e. The van der Waals surface area contributed by atoms with E-state index in [4.69, 9.17) is 9.72 Å². The van der Waals surface area contributed by atoms with Crippen LogP contribution in [0.3, 0.4) is 0 Å². The molecule has 2 aliphatic heterocycles. The van der Waals surface area contributed by atoms with Gasteiger partial charge in [-0.2, -0.15) is 0 Å². The Morgan fingerprint density at radius 1 is 1.00 bits per heavy atom. The standard InChI is InChI=1S/C30H29N3O3S/c1-20-19-33(30(35)28-3-2-16-37-28)11-10-24(20)25-8-9-27-26(25)17-23(18-31-27)21-4-6-22(7-5-21)29(34)32-12-14-36-15-13-32/h2-8,10,16-18,20H,9,11-15,19H2,1H3. The van der Waals surface area contributed by atoms with Gasteiger partial charge < -0.3 is 14.5 Å². The smallest absolute Gasteiger partial charge is 0.264 e. The third-order valence-corrected chi connectivity index (χ3v) is 8.27. The molecule has 7 heteroatoms. The Balaban J connectivity index is 1.21. The highest BCUT2D eigenvalue weighted by Crippen LogP contribution is 2.39. The number of carbonyl (C=O) groups excluding carboxylic acids is 2. The van der Waals surface area contributed by atoms with Gasteiger partial charge in [-0.1, -0.05) is 37.3 Å². The molecule has 3 aliphatic rings. The highest BCUT2D eigenvalue weighted by atomic mass is 32.1. The first-order chi connectivity index (χ1) is 18.1. The zero-order valence-electron chi connectivity index (χ0n) is 20.9. The number of thiophene rings is 1. The van der Waals surface area contributed by atoms with E-state index in [9.17, 15) is 9.59 Å². The van der Waals surface area contributed by atoms with E-state index in [1.807, 2.05) is 57.8 Å². The molecule has 0 saturated carbocycles. The molecule has 1 unspecified atom stereocenters. The Morgan fingerprint density at radius 2 is 1.81 bits per heavy atom. The number of nitrogens with zero attached hydrogens (tertiary/aromatic N) is 3. The lowest BCUT2D eigenvalue weighted by Crippen LogP contribution is -2.40. The second kappa shape index (κ2) is 10.1. The van der Waals surface area contributed by atoms with Crippen LogP contribution in [0, 0.1) is 5.92 Å². The van der Waals surface area contributed by atoms with Crippen LogP contribution in [-0.4, -0.2) is 66.0 Å². The SMILES string of the molecule is CC1CN(C(=O)c2cccs2)CC=C1C1=CCc2ncc(-c3ccc(C(=O)N4CCOCC4)cc3)cc21. The molecule has 6 nitrogen and oxygen atoms in total. The van der Waals surface area contributed by atoms with Crippen molar-refractivity contribution in [2.75, 3.05) is 39.4 Å². The molecule has 1 fully saturated rings. The minimum Gasteiger partial charge on any atom is -0.378 e. The lowest BCUT2D eigenvalue weighted by molar-refractivity contribution is 0.0303. The lowest BCUT2D eigenvalue weighted by Gasteiger charge is -2.31. The van der Waals surface area contributed by atoms with E-state index in [2.05, 4.69) is 25.1 Å². The van der Waals surface area contributed by atoms with Gasteiger partial charge in [-0.15, -0.1) is 11.3 Å². The molecule has 0 spiro atoms. The minimum atomic E-state index is 0.0528. The van der Waals surface area contributed by atoms with Crippen LogP contribution in [0.2, 0.25) is 0 Å². The topological polar surface area (TPSA) is 62.7 Å². The number of aromatic nitrogens is 1. The number of fused-ring (bicyclic) bond motifs is 1. The third kappa shape index (κ3) is 4.65. The van der Waals surface area contributed by atoms with Gasteiger partial charge in [0.1, 0.15) is 0 Å². The number of carbonyl (C=O) groups is 2. The average Bonchev–Trinajstić information content (AvgIpc) is 3.63. The summed E-state index contributed by atoms with van der Waals surface area (Å²) in [5, 5.41) is 1.95. The van der Waals surface area contributed by atoms with Crippen molar-refractivity contribution in [2.24, 2.45) is 5.92 Å². The van der Waals surface area contributed by atoms with Crippen molar-refractivity contribution in [1.29, 1.82) is 0 Å². The van der Waals surface area contributed by atoms with E-state index >= 15 is 0 Å². The predicted molar refractivity (Wildman–Crippen MR) is 146 cm³/mol. The second-order valence-electron chi connectivity index (χ2n) is 9.77. The first-order valence-corrected chi connectivity index (χ1v) is 13.7. The fourth-order valence-electron chi connectivity index (χ4n) is 5.39. The van der Waals surface area contributed by atoms with E-state index in [1.165, 1.54) is 28.0 Å². The fraction of sp³-hybridized carbons (Fsp3) is 0.300. The van der Waals surface area contributed by atoms with Crippen molar-refractivity contribution in [3.05, 3.63) is 93.5 Å². The van der Waals surface area contributed by atoms with E-state index in [0.717, 1.165) is 28.1 Å². The monoisotopic (exact) mass is 511 g/mol. The summed E-state index contributed by atoms with van der Waals surface area (Å²) in [6, 6.07) is 13.9. The zero-order valence-corrected chi connectivity index (χ0v) is 21.7. The average molecular weight is 512 g/mol. The summed E-state index contributed by atoms with van der Waals surface area (Å²) in [6.07, 6.45) is 7.22. The van der Waals surface area contributed by atoms with Crippen LogP contribution in [0.5, 0.6) is 0 Å². The minimum absolute atomic E-state index is 0.0528. The number of morpholine rings is 1. The van der Waals surface area contributed by atoms with Crippen LogP contribution < -0.4 is 0 Å². The van der Waals surface area contributed by atoms with Crippen molar-refractivity contribution in [2.45, 2.75) is 13.3 Å². The van der Waals surface area contributed by atoms with Gasteiger partial charge in [0.05, 0.1) is 23.8 Å². The summed E-state index contributed by atoms with van der Waals surface area (Å²) in [5.74, 6) is 0.401. The van der Waals surface area contributed by atoms with Crippen molar-refractivity contribution in [3.63, 3.8) is 0 Å². The summed E-state index contributed by atoms with van der Waals surface area (Å²) < 4.78 is 5.36. The Bertz CT molecular complexity index is 1390. The van der Waals surface area contributed by atoms with E-state index in [-0.39, 0.29) is 17.7 Å². The largest absolute Gasteiger partial charge is 0.378 e. The van der Waals surface area contributed by atoms with Gasteiger partial charge in [0.2, 0.25) is 0 Å². The molecule has 0 bridgehead atoms. The number of rotatable bonds is 4. The van der Waals surface area contributed by atoms with Gasteiger partial charge >= 0.3 is 0 Å². The molecule has 37 heavy (non-hydrogen) atoms. The van der Waals surface area contributed by atoms with Crippen LogP contribution in [0.25, 0.3) is 16.7 Å². The summed E-state index contributed by atoms with van der Waals surface area (Å²) in [7, 11) is 0. The molecule has 1 atom stereocenters. The van der Waals surface area contributed by atoms with Gasteiger partial charge in [-0.25, -0.2) is 0 Å². The van der Waals surface area contributed by atoms with Gasteiger partial charge in [-0.05, 0) is 52.3 Å². The molecule has 1 saturated heterocycles. The Hall–Kier alpha value is -3.55. The van der Waals surface area contributed by atoms with Crippen LogP contribution in [0.1, 0.15) is 38.2 Å². The van der Waals surface area contributed by atoms with Gasteiger partial charge in [0, 0.05) is 55.5 Å². The van der Waals surface area contributed by atoms with Crippen molar-refractivity contribution in [3.8, 4) is 11.1 Å². The summed E-state index contributed by atoms with van der Waals surface area (Å²) in [5.41, 5.74) is 7.56. The number of ether oxygens (including phenoxy) is 1. The van der Waals surface area contributed by atoms with Crippen LogP contribution in [-0.2, 0) is 11.2 Å². The second-order valence-corrected chi connectivity index (χ2v) is 10.7. The molecule has 4 heterocycles. The van der Waals surface area contributed by atoms with Gasteiger partial charge in [0.25, 0.3) is 11.8 Å². The van der Waals surface area contributed by atoms with Gasteiger partial charge in [-0.3, -0.25) is 14.6 Å². The number of hydrogen-bond acceptors (Lipinski definition) is 5. The molecule has 1 aromatic carbocycles. The molecule has 0 radical (unpaired) electrons. The van der Waals surface area contributed by atoms with Crippen molar-refractivity contribution in [1.82, 2.24) is 14.8 Å². The van der Waals surface area contributed by atoms with Crippen molar-refractivity contribution >= 4 is 28.7 Å². The number of pyridine rings is 1. The first kappa shape index (κ1) is 23.8. The number of hydrogen-bond donors (Lipinski definition) is 0. The van der Waals surface area contributed by atoms with Crippen LogP contribution in [0.15, 0.2) is 71.8 Å².